The average Bonchev–Trinajstić information content (AvgIpc) is 2.84. The van der Waals surface area contributed by atoms with Crippen molar-refractivity contribution in [2.45, 2.75) is 12.5 Å². The average molecular weight is 321 g/mol. The van der Waals surface area contributed by atoms with Crippen LogP contribution in [-0.4, -0.2) is 72.1 Å². The predicted octanol–water partition coefficient (Wildman–Crippen LogP) is 0.0675. The maximum atomic E-state index is 13.9. The van der Waals surface area contributed by atoms with Crippen LogP contribution in [0.5, 0.6) is 0 Å². The smallest absolute Gasteiger partial charge is 0.251 e. The zero-order valence-electron chi connectivity index (χ0n) is 12.8. The minimum atomic E-state index is -0.567. The number of nitrogens with zero attached hydrogens (tertiary/aromatic N) is 3. The third-order valence-corrected chi connectivity index (χ3v) is 4.48. The number of carbonyl (C=O) groups excluding carboxylic acids is 2. The van der Waals surface area contributed by atoms with E-state index in [0.717, 1.165) is 18.0 Å². The zero-order valence-corrected chi connectivity index (χ0v) is 12.8. The van der Waals surface area contributed by atoms with Gasteiger partial charge in [0, 0.05) is 32.7 Å². The van der Waals surface area contributed by atoms with Crippen molar-refractivity contribution in [1.29, 1.82) is 0 Å². The molecule has 0 aliphatic carbocycles. The first-order chi connectivity index (χ1) is 11.1. The van der Waals surface area contributed by atoms with Gasteiger partial charge in [-0.1, -0.05) is 12.1 Å². The summed E-state index contributed by atoms with van der Waals surface area (Å²) in [5.41, 5.74) is 0.0314. The molecular formula is C16H20FN3O3. The number of imide groups is 1. The molecule has 2 aliphatic heterocycles. The summed E-state index contributed by atoms with van der Waals surface area (Å²) in [4.78, 5) is 29.9. The molecule has 7 heteroatoms. The summed E-state index contributed by atoms with van der Waals surface area (Å²) in [6.07, 6.45) is 0.0904. The number of β-amino-alcohol motifs (C(OH)–C–C–N with tert-alkyl or cyclic N) is 1. The van der Waals surface area contributed by atoms with Gasteiger partial charge >= 0.3 is 0 Å². The molecule has 2 amide bonds. The highest BCUT2D eigenvalue weighted by atomic mass is 19.1. The quantitative estimate of drug-likeness (QED) is 0.795. The molecule has 1 N–H and O–H groups in total. The Balaban J connectivity index is 1.71. The molecule has 0 radical (unpaired) electrons. The Morgan fingerprint density at radius 1 is 1.13 bits per heavy atom. The van der Waals surface area contributed by atoms with Crippen molar-refractivity contribution in [1.82, 2.24) is 9.80 Å². The largest absolute Gasteiger partial charge is 0.395 e. The Hall–Kier alpha value is -1.83. The van der Waals surface area contributed by atoms with Crippen LogP contribution in [0.25, 0.3) is 0 Å². The van der Waals surface area contributed by atoms with Gasteiger partial charge in [0.15, 0.2) is 0 Å². The summed E-state index contributed by atoms with van der Waals surface area (Å²) in [5, 5.41) is 8.96. The molecule has 3 rings (SSSR count). The topological polar surface area (TPSA) is 64.1 Å². The molecular weight excluding hydrogens is 301 g/mol. The predicted molar refractivity (Wildman–Crippen MR) is 82.4 cm³/mol. The van der Waals surface area contributed by atoms with Crippen LogP contribution in [0.15, 0.2) is 24.3 Å². The first-order valence-electron chi connectivity index (χ1n) is 7.80. The highest BCUT2D eigenvalue weighted by molar-refractivity contribution is 6.22. The summed E-state index contributed by atoms with van der Waals surface area (Å²) < 4.78 is 13.9. The number of aliphatic hydroxyl groups is 1. The molecule has 2 fully saturated rings. The fourth-order valence-corrected chi connectivity index (χ4v) is 3.23. The number of para-hydroxylation sites is 1. The Labute approximate surface area is 134 Å². The van der Waals surface area contributed by atoms with Crippen molar-refractivity contribution in [3.63, 3.8) is 0 Å². The molecule has 1 aromatic carbocycles. The lowest BCUT2D eigenvalue weighted by Gasteiger charge is -2.36. The number of anilines is 1. The summed E-state index contributed by atoms with van der Waals surface area (Å²) in [5.74, 6) is -1.28. The van der Waals surface area contributed by atoms with Gasteiger partial charge in [-0.3, -0.25) is 19.4 Å². The molecule has 1 atom stereocenters. The lowest BCUT2D eigenvalue weighted by molar-refractivity contribution is -0.123. The number of halogens is 1. The highest BCUT2D eigenvalue weighted by Gasteiger charge is 2.44. The van der Waals surface area contributed by atoms with Crippen LogP contribution in [0, 0.1) is 5.82 Å². The van der Waals surface area contributed by atoms with Crippen LogP contribution in [0.1, 0.15) is 6.42 Å². The number of carbonyl (C=O) groups is 2. The van der Waals surface area contributed by atoms with Crippen molar-refractivity contribution in [2.24, 2.45) is 0 Å². The Morgan fingerprint density at radius 2 is 1.83 bits per heavy atom. The van der Waals surface area contributed by atoms with Crippen molar-refractivity contribution < 1.29 is 19.1 Å². The minimum Gasteiger partial charge on any atom is -0.395 e. The molecule has 0 aromatic heterocycles. The monoisotopic (exact) mass is 321 g/mol. The second-order valence-electron chi connectivity index (χ2n) is 5.84. The van der Waals surface area contributed by atoms with E-state index in [0.29, 0.717) is 19.6 Å². The van der Waals surface area contributed by atoms with Gasteiger partial charge in [-0.05, 0) is 12.1 Å². The molecule has 0 saturated carbocycles. The van der Waals surface area contributed by atoms with E-state index in [2.05, 4.69) is 4.90 Å². The lowest BCUT2D eigenvalue weighted by Crippen LogP contribution is -2.53. The number of rotatable bonds is 4. The summed E-state index contributed by atoms with van der Waals surface area (Å²) in [7, 11) is 0. The number of hydrogen-bond donors (Lipinski definition) is 1. The van der Waals surface area contributed by atoms with E-state index in [4.69, 9.17) is 5.11 Å². The van der Waals surface area contributed by atoms with Crippen molar-refractivity contribution in [3.05, 3.63) is 30.1 Å². The Morgan fingerprint density at radius 3 is 2.48 bits per heavy atom. The SMILES string of the molecule is O=C1C[C@@H](N2CCN(CCO)CC2)C(=O)N1c1ccccc1F. The number of aliphatic hydroxyl groups excluding tert-OH is 1. The maximum absolute atomic E-state index is 13.9. The Kier molecular flexibility index (Phi) is 4.70. The molecule has 2 saturated heterocycles. The summed E-state index contributed by atoms with van der Waals surface area (Å²) >= 11 is 0. The Bertz CT molecular complexity index is 602. The minimum absolute atomic E-state index is 0.0314. The van der Waals surface area contributed by atoms with Gasteiger partial charge in [-0.2, -0.15) is 0 Å². The van der Waals surface area contributed by atoms with Crippen molar-refractivity contribution >= 4 is 17.5 Å². The molecule has 0 bridgehead atoms. The standard InChI is InChI=1S/C16H20FN3O3/c17-12-3-1-2-4-13(12)20-15(22)11-14(16(20)23)19-7-5-18(6-8-19)9-10-21/h1-4,14,21H,5-11H2/t14-/m1/s1. The number of piperazine rings is 1. The van der Waals surface area contributed by atoms with E-state index in [9.17, 15) is 14.0 Å². The fraction of sp³-hybridized carbons (Fsp3) is 0.500. The molecule has 6 nitrogen and oxygen atoms in total. The fourth-order valence-electron chi connectivity index (χ4n) is 3.23. The van der Waals surface area contributed by atoms with E-state index in [1.165, 1.54) is 18.2 Å². The van der Waals surface area contributed by atoms with Gasteiger partial charge < -0.3 is 5.11 Å². The van der Waals surface area contributed by atoms with Crippen LogP contribution in [0.3, 0.4) is 0 Å². The normalized spacial score (nSPS) is 23.7. The molecule has 124 valence electrons. The van der Waals surface area contributed by atoms with Crippen LogP contribution < -0.4 is 4.90 Å². The molecule has 1 aromatic rings. The first-order valence-corrected chi connectivity index (χ1v) is 7.80. The van der Waals surface area contributed by atoms with Crippen LogP contribution in [-0.2, 0) is 9.59 Å². The second-order valence-corrected chi connectivity index (χ2v) is 5.84. The van der Waals surface area contributed by atoms with Crippen molar-refractivity contribution in [2.75, 3.05) is 44.2 Å². The number of amides is 2. The number of benzene rings is 1. The van der Waals surface area contributed by atoms with Crippen LogP contribution in [0.4, 0.5) is 10.1 Å². The van der Waals surface area contributed by atoms with E-state index in [1.54, 1.807) is 6.07 Å². The molecule has 0 unspecified atom stereocenters. The van der Waals surface area contributed by atoms with Crippen molar-refractivity contribution in [3.8, 4) is 0 Å². The van der Waals surface area contributed by atoms with Gasteiger partial charge in [0.05, 0.1) is 24.8 Å². The van der Waals surface area contributed by atoms with E-state index in [1.807, 2.05) is 4.90 Å². The number of hydrogen-bond acceptors (Lipinski definition) is 5. The molecule has 2 aliphatic rings. The maximum Gasteiger partial charge on any atom is 0.251 e. The summed E-state index contributed by atoms with van der Waals surface area (Å²) in [6.45, 7) is 3.55. The van der Waals surface area contributed by atoms with E-state index in [-0.39, 0.29) is 30.5 Å². The molecule has 23 heavy (non-hydrogen) atoms. The summed E-state index contributed by atoms with van der Waals surface area (Å²) in [6, 6.07) is 5.32. The highest BCUT2D eigenvalue weighted by Crippen LogP contribution is 2.28. The molecule has 0 spiro atoms. The van der Waals surface area contributed by atoms with Gasteiger partial charge in [-0.15, -0.1) is 0 Å². The van der Waals surface area contributed by atoms with Gasteiger partial charge in [-0.25, -0.2) is 9.29 Å². The first kappa shape index (κ1) is 16.0. The van der Waals surface area contributed by atoms with E-state index >= 15 is 0 Å². The van der Waals surface area contributed by atoms with Crippen LogP contribution >= 0.6 is 0 Å². The second kappa shape index (κ2) is 6.74. The molecule has 2 heterocycles. The zero-order chi connectivity index (χ0) is 16.4. The van der Waals surface area contributed by atoms with Gasteiger partial charge in [0.2, 0.25) is 5.91 Å². The lowest BCUT2D eigenvalue weighted by atomic mass is 10.1. The van der Waals surface area contributed by atoms with Crippen LogP contribution in [0.2, 0.25) is 0 Å². The van der Waals surface area contributed by atoms with Gasteiger partial charge in [0.25, 0.3) is 5.91 Å². The third kappa shape index (κ3) is 3.12. The van der Waals surface area contributed by atoms with Gasteiger partial charge in [0.1, 0.15) is 5.82 Å². The van der Waals surface area contributed by atoms with E-state index < -0.39 is 11.9 Å². The third-order valence-electron chi connectivity index (χ3n) is 4.48.